The predicted octanol–water partition coefficient (Wildman–Crippen LogP) is 4.03. The Morgan fingerprint density at radius 3 is 1.41 bits per heavy atom. The standard InChI is InChI=1S/C38H63N5O8/c1-22(2)18-27(32(44)41-30(36(48)50-12)21-26-16-14-13-15-17-26)40-35(47)31(25(7)8)43-34(46)28(19-23(3)4)39-33(45)29(20-24(5)6)42-37(49)51-38(9,10)11/h13-17,22-25,27-31H,18-21H2,1-12H3,(H,39,45)(H,40,47)(H,41,44)(H,42,49)(H,43,46)/t27-,28+,29+,30+,31+/m1/s1. The Hall–Kier alpha value is -4.16. The summed E-state index contributed by atoms with van der Waals surface area (Å²) in [6.07, 6.45) is 0.283. The first-order valence-corrected chi connectivity index (χ1v) is 18.0. The molecule has 0 aliphatic rings. The van der Waals surface area contributed by atoms with Crippen molar-refractivity contribution in [1.29, 1.82) is 0 Å². The van der Waals surface area contributed by atoms with E-state index in [2.05, 4.69) is 26.6 Å². The van der Waals surface area contributed by atoms with E-state index in [1.165, 1.54) is 7.11 Å². The molecular weight excluding hydrogens is 654 g/mol. The summed E-state index contributed by atoms with van der Waals surface area (Å²) in [5, 5.41) is 13.7. The minimum Gasteiger partial charge on any atom is -0.467 e. The first-order valence-electron chi connectivity index (χ1n) is 18.0. The number of benzene rings is 1. The second-order valence-corrected chi connectivity index (χ2v) is 15.7. The first-order chi connectivity index (χ1) is 23.6. The molecule has 0 saturated carbocycles. The van der Waals surface area contributed by atoms with Gasteiger partial charge in [-0.3, -0.25) is 19.2 Å². The first kappa shape index (κ1) is 44.9. The van der Waals surface area contributed by atoms with E-state index in [9.17, 15) is 28.8 Å². The van der Waals surface area contributed by atoms with Gasteiger partial charge in [-0.25, -0.2) is 9.59 Å². The summed E-state index contributed by atoms with van der Waals surface area (Å²) in [6.45, 7) is 20.1. The van der Waals surface area contributed by atoms with Gasteiger partial charge in [0.2, 0.25) is 23.6 Å². The topological polar surface area (TPSA) is 181 Å². The largest absolute Gasteiger partial charge is 0.467 e. The average Bonchev–Trinajstić information content (AvgIpc) is 3.00. The highest BCUT2D eigenvalue weighted by molar-refractivity contribution is 5.96. The van der Waals surface area contributed by atoms with Gasteiger partial charge in [0.25, 0.3) is 0 Å². The molecule has 0 saturated heterocycles. The number of amides is 5. The molecule has 0 fully saturated rings. The Balaban J connectivity index is 3.21. The molecule has 288 valence electrons. The lowest BCUT2D eigenvalue weighted by atomic mass is 9.97. The maximum atomic E-state index is 13.8. The Bertz CT molecular complexity index is 1290. The summed E-state index contributed by atoms with van der Waals surface area (Å²) in [6, 6.07) is 4.14. The van der Waals surface area contributed by atoms with E-state index in [4.69, 9.17) is 9.47 Å². The van der Waals surface area contributed by atoms with Crippen molar-refractivity contribution in [3.63, 3.8) is 0 Å². The van der Waals surface area contributed by atoms with Crippen LogP contribution in [0, 0.1) is 23.7 Å². The third-order valence-electron chi connectivity index (χ3n) is 7.73. The summed E-state index contributed by atoms with van der Waals surface area (Å²) in [5.74, 6) is -3.26. The van der Waals surface area contributed by atoms with Crippen molar-refractivity contribution in [3.8, 4) is 0 Å². The van der Waals surface area contributed by atoms with Gasteiger partial charge < -0.3 is 36.1 Å². The summed E-state index contributed by atoms with van der Waals surface area (Å²) in [7, 11) is 1.24. The number of carbonyl (C=O) groups is 6. The van der Waals surface area contributed by atoms with Crippen LogP contribution < -0.4 is 26.6 Å². The number of ether oxygens (including phenoxy) is 2. The third kappa shape index (κ3) is 17.6. The maximum Gasteiger partial charge on any atom is 0.408 e. The summed E-state index contributed by atoms with van der Waals surface area (Å²) in [5.41, 5.74) is 0.0506. The molecule has 13 heteroatoms. The van der Waals surface area contributed by atoms with Gasteiger partial charge in [0.15, 0.2) is 0 Å². The van der Waals surface area contributed by atoms with Crippen LogP contribution in [0.25, 0.3) is 0 Å². The highest BCUT2D eigenvalue weighted by atomic mass is 16.6. The van der Waals surface area contributed by atoms with Crippen LogP contribution in [0.1, 0.15) is 101 Å². The third-order valence-corrected chi connectivity index (χ3v) is 7.73. The number of carbonyl (C=O) groups excluding carboxylic acids is 6. The maximum absolute atomic E-state index is 13.8. The van der Waals surface area contributed by atoms with Gasteiger partial charge in [0.05, 0.1) is 7.11 Å². The van der Waals surface area contributed by atoms with Crippen molar-refractivity contribution in [2.75, 3.05) is 7.11 Å². The van der Waals surface area contributed by atoms with Crippen molar-refractivity contribution in [2.24, 2.45) is 23.7 Å². The number of methoxy groups -OCH3 is 1. The van der Waals surface area contributed by atoms with Gasteiger partial charge in [-0.2, -0.15) is 0 Å². The number of hydrogen-bond acceptors (Lipinski definition) is 8. The predicted molar refractivity (Wildman–Crippen MR) is 196 cm³/mol. The number of nitrogens with one attached hydrogen (secondary N) is 5. The molecule has 0 spiro atoms. The van der Waals surface area contributed by atoms with Crippen LogP contribution in [0.3, 0.4) is 0 Å². The van der Waals surface area contributed by atoms with E-state index in [0.717, 1.165) is 5.56 Å². The molecule has 0 aromatic heterocycles. The molecule has 1 aromatic rings. The smallest absolute Gasteiger partial charge is 0.408 e. The molecule has 0 heterocycles. The zero-order valence-corrected chi connectivity index (χ0v) is 32.7. The van der Waals surface area contributed by atoms with Gasteiger partial charge >= 0.3 is 12.1 Å². The monoisotopic (exact) mass is 717 g/mol. The fraction of sp³-hybridized carbons (Fsp3) is 0.684. The molecule has 5 atom stereocenters. The van der Waals surface area contributed by atoms with Crippen molar-refractivity contribution >= 4 is 35.7 Å². The van der Waals surface area contributed by atoms with E-state index in [0.29, 0.717) is 6.42 Å². The second-order valence-electron chi connectivity index (χ2n) is 15.7. The molecule has 1 aromatic carbocycles. The summed E-state index contributed by atoms with van der Waals surface area (Å²) >= 11 is 0. The van der Waals surface area contributed by atoms with E-state index < -0.39 is 77.4 Å². The summed E-state index contributed by atoms with van der Waals surface area (Å²) < 4.78 is 10.3. The summed E-state index contributed by atoms with van der Waals surface area (Å²) in [4.78, 5) is 79.8. The second kappa shape index (κ2) is 21.3. The lowest BCUT2D eigenvalue weighted by Gasteiger charge is -2.30. The zero-order chi connectivity index (χ0) is 39.1. The van der Waals surface area contributed by atoms with Crippen molar-refractivity contribution in [1.82, 2.24) is 26.6 Å². The molecular formula is C38H63N5O8. The van der Waals surface area contributed by atoms with Crippen LogP contribution >= 0.6 is 0 Å². The normalized spacial score (nSPS) is 14.6. The van der Waals surface area contributed by atoms with Crippen molar-refractivity contribution in [3.05, 3.63) is 35.9 Å². The fourth-order valence-corrected chi connectivity index (χ4v) is 5.34. The molecule has 0 aliphatic heterocycles. The lowest BCUT2D eigenvalue weighted by molar-refractivity contribution is -0.145. The van der Waals surface area contributed by atoms with Crippen LogP contribution in [0.15, 0.2) is 30.3 Å². The van der Waals surface area contributed by atoms with Crippen molar-refractivity contribution < 1.29 is 38.2 Å². The molecule has 0 bridgehead atoms. The van der Waals surface area contributed by atoms with Crippen LogP contribution in [0.5, 0.6) is 0 Å². The molecule has 5 amide bonds. The van der Waals surface area contributed by atoms with Gasteiger partial charge in [0, 0.05) is 6.42 Å². The molecule has 0 unspecified atom stereocenters. The van der Waals surface area contributed by atoms with Gasteiger partial charge in [-0.15, -0.1) is 0 Å². The average molecular weight is 718 g/mol. The lowest BCUT2D eigenvalue weighted by Crippen LogP contribution is -2.60. The number of esters is 1. The van der Waals surface area contributed by atoms with E-state index in [-0.39, 0.29) is 37.0 Å². The minimum atomic E-state index is -1.06. The molecule has 1 rings (SSSR count). The Labute approximate surface area is 304 Å². The molecule has 0 aliphatic carbocycles. The number of alkyl carbamates (subject to hydrolysis) is 1. The van der Waals surface area contributed by atoms with Crippen LogP contribution in [-0.2, 0) is 39.9 Å². The van der Waals surface area contributed by atoms with Crippen molar-refractivity contribution in [2.45, 2.75) is 138 Å². The number of hydrogen-bond donors (Lipinski definition) is 5. The van der Waals surface area contributed by atoms with E-state index in [1.807, 2.05) is 71.9 Å². The van der Waals surface area contributed by atoms with Gasteiger partial charge in [-0.1, -0.05) is 85.7 Å². The molecule has 0 radical (unpaired) electrons. The Kier molecular flexibility index (Phi) is 18.7. The quantitative estimate of drug-likeness (QED) is 0.133. The highest BCUT2D eigenvalue weighted by Gasteiger charge is 2.35. The van der Waals surface area contributed by atoms with Crippen LogP contribution in [0.4, 0.5) is 4.79 Å². The SMILES string of the molecule is COC(=O)[C@H](Cc1ccccc1)NC(=O)[C@@H](CC(C)C)NC(=O)[C@@H](NC(=O)[C@H](CC(C)C)NC(=O)[C@H](CC(C)C)NC(=O)OC(C)(C)C)C(C)C. The molecule has 13 nitrogen and oxygen atoms in total. The van der Waals surface area contributed by atoms with E-state index in [1.54, 1.807) is 34.6 Å². The highest BCUT2D eigenvalue weighted by Crippen LogP contribution is 2.14. The molecule has 51 heavy (non-hydrogen) atoms. The molecule has 5 N–H and O–H groups in total. The minimum absolute atomic E-state index is 0.00227. The van der Waals surface area contributed by atoms with Crippen LogP contribution in [0.2, 0.25) is 0 Å². The van der Waals surface area contributed by atoms with Crippen LogP contribution in [-0.4, -0.2) is 78.6 Å². The zero-order valence-electron chi connectivity index (χ0n) is 32.7. The Morgan fingerprint density at radius 2 is 1.00 bits per heavy atom. The Morgan fingerprint density at radius 1 is 0.588 bits per heavy atom. The van der Waals surface area contributed by atoms with Gasteiger partial charge in [0.1, 0.15) is 35.8 Å². The fourth-order valence-electron chi connectivity index (χ4n) is 5.34. The number of rotatable bonds is 19. The van der Waals surface area contributed by atoms with Gasteiger partial charge in [-0.05, 0) is 69.3 Å². The van der Waals surface area contributed by atoms with E-state index >= 15 is 0 Å².